The van der Waals surface area contributed by atoms with Crippen molar-refractivity contribution >= 4 is 23.2 Å². The first-order chi connectivity index (χ1) is 10.1. The van der Waals surface area contributed by atoms with Gasteiger partial charge in [-0.2, -0.15) is 0 Å². The highest BCUT2D eigenvalue weighted by Gasteiger charge is 2.11. The SMILES string of the molecule is CCc1nnc(CN(C)CC(=O)Nc2ccc(Cl)cc2)o1. The Morgan fingerprint density at radius 3 is 2.57 bits per heavy atom. The standard InChI is InChI=1S/C14H17ClN4O2/c1-3-13-17-18-14(21-13)9-19(2)8-12(20)16-11-6-4-10(15)5-7-11/h4-7H,3,8-9H2,1-2H3,(H,16,20). The molecule has 0 aliphatic rings. The van der Waals surface area contributed by atoms with Gasteiger partial charge in [0.15, 0.2) is 0 Å². The Labute approximate surface area is 128 Å². The molecule has 2 rings (SSSR count). The normalized spacial score (nSPS) is 10.9. The van der Waals surface area contributed by atoms with E-state index in [9.17, 15) is 4.79 Å². The molecule has 1 amide bonds. The fourth-order valence-corrected chi connectivity index (χ4v) is 1.89. The first kappa shape index (κ1) is 15.5. The summed E-state index contributed by atoms with van der Waals surface area (Å²) in [5.74, 6) is 0.993. The Hall–Kier alpha value is -1.92. The van der Waals surface area contributed by atoms with Gasteiger partial charge in [0.2, 0.25) is 17.7 Å². The number of benzene rings is 1. The Morgan fingerprint density at radius 1 is 1.29 bits per heavy atom. The molecule has 0 fully saturated rings. The second kappa shape index (κ2) is 7.19. The van der Waals surface area contributed by atoms with E-state index in [1.165, 1.54) is 0 Å². The fraction of sp³-hybridized carbons (Fsp3) is 0.357. The molecule has 0 unspecified atom stereocenters. The molecule has 0 aliphatic heterocycles. The molecule has 112 valence electrons. The zero-order valence-corrected chi connectivity index (χ0v) is 12.7. The van der Waals surface area contributed by atoms with Gasteiger partial charge in [0.1, 0.15) is 0 Å². The van der Waals surface area contributed by atoms with E-state index in [0.717, 1.165) is 0 Å². The number of aryl methyl sites for hydroxylation is 1. The minimum Gasteiger partial charge on any atom is -0.424 e. The Kier molecular flexibility index (Phi) is 5.30. The van der Waals surface area contributed by atoms with Gasteiger partial charge in [0.25, 0.3) is 0 Å². The molecule has 1 aromatic heterocycles. The Balaban J connectivity index is 1.82. The number of hydrogen-bond acceptors (Lipinski definition) is 5. The third-order valence-corrected chi connectivity index (χ3v) is 3.01. The van der Waals surface area contributed by atoms with E-state index in [1.807, 2.05) is 14.0 Å². The molecule has 0 bridgehead atoms. The van der Waals surface area contributed by atoms with Crippen LogP contribution < -0.4 is 5.32 Å². The van der Waals surface area contributed by atoms with Gasteiger partial charge in [0, 0.05) is 17.1 Å². The third-order valence-electron chi connectivity index (χ3n) is 2.76. The highest BCUT2D eigenvalue weighted by Crippen LogP contribution is 2.13. The van der Waals surface area contributed by atoms with Gasteiger partial charge in [0.05, 0.1) is 13.1 Å². The summed E-state index contributed by atoms with van der Waals surface area (Å²) in [6, 6.07) is 6.97. The average molecular weight is 309 g/mol. The van der Waals surface area contributed by atoms with Crippen molar-refractivity contribution in [3.63, 3.8) is 0 Å². The monoisotopic (exact) mass is 308 g/mol. The second-order valence-corrected chi connectivity index (χ2v) is 5.11. The molecule has 21 heavy (non-hydrogen) atoms. The summed E-state index contributed by atoms with van der Waals surface area (Å²) in [4.78, 5) is 13.7. The van der Waals surface area contributed by atoms with Crippen LogP contribution in [0.15, 0.2) is 28.7 Å². The molecule has 1 aromatic carbocycles. The van der Waals surface area contributed by atoms with Crippen LogP contribution in [-0.4, -0.2) is 34.6 Å². The minimum atomic E-state index is -0.116. The zero-order valence-electron chi connectivity index (χ0n) is 12.0. The molecule has 0 spiro atoms. The van der Waals surface area contributed by atoms with Crippen LogP contribution in [0.3, 0.4) is 0 Å². The summed E-state index contributed by atoms with van der Waals surface area (Å²) in [7, 11) is 1.82. The number of anilines is 1. The van der Waals surface area contributed by atoms with Gasteiger partial charge in [-0.05, 0) is 31.3 Å². The molecular formula is C14H17ClN4O2. The number of rotatable bonds is 6. The zero-order chi connectivity index (χ0) is 15.2. The predicted octanol–water partition coefficient (Wildman–Crippen LogP) is 2.36. The lowest BCUT2D eigenvalue weighted by Gasteiger charge is -2.14. The van der Waals surface area contributed by atoms with Crippen LogP contribution >= 0.6 is 11.6 Å². The number of amides is 1. The smallest absolute Gasteiger partial charge is 0.238 e. The van der Waals surface area contributed by atoms with Gasteiger partial charge in [-0.15, -0.1) is 10.2 Å². The van der Waals surface area contributed by atoms with E-state index >= 15 is 0 Å². The maximum absolute atomic E-state index is 11.9. The molecule has 6 nitrogen and oxygen atoms in total. The van der Waals surface area contributed by atoms with Crippen LogP contribution in [0, 0.1) is 0 Å². The first-order valence-electron chi connectivity index (χ1n) is 6.62. The highest BCUT2D eigenvalue weighted by atomic mass is 35.5. The lowest BCUT2D eigenvalue weighted by Crippen LogP contribution is -2.29. The fourth-order valence-electron chi connectivity index (χ4n) is 1.76. The topological polar surface area (TPSA) is 71.3 Å². The summed E-state index contributed by atoms with van der Waals surface area (Å²) >= 11 is 5.79. The number of nitrogens with zero attached hydrogens (tertiary/aromatic N) is 3. The van der Waals surface area contributed by atoms with Crippen molar-refractivity contribution in [2.24, 2.45) is 0 Å². The van der Waals surface area contributed by atoms with Crippen molar-refractivity contribution < 1.29 is 9.21 Å². The maximum Gasteiger partial charge on any atom is 0.238 e. The van der Waals surface area contributed by atoms with E-state index in [1.54, 1.807) is 29.2 Å². The molecule has 1 N–H and O–H groups in total. The second-order valence-electron chi connectivity index (χ2n) is 4.67. The van der Waals surface area contributed by atoms with Crippen molar-refractivity contribution in [1.82, 2.24) is 15.1 Å². The predicted molar refractivity (Wildman–Crippen MR) is 80.1 cm³/mol. The number of hydrogen-bond donors (Lipinski definition) is 1. The van der Waals surface area contributed by atoms with Crippen molar-refractivity contribution in [3.8, 4) is 0 Å². The number of halogens is 1. The molecule has 0 saturated carbocycles. The quantitative estimate of drug-likeness (QED) is 0.887. The van der Waals surface area contributed by atoms with Gasteiger partial charge < -0.3 is 9.73 Å². The molecule has 7 heteroatoms. The summed E-state index contributed by atoms with van der Waals surface area (Å²) in [6.45, 7) is 2.61. The molecule has 1 heterocycles. The van der Waals surface area contributed by atoms with Crippen LogP contribution in [-0.2, 0) is 17.8 Å². The van der Waals surface area contributed by atoms with Gasteiger partial charge in [-0.25, -0.2) is 0 Å². The van der Waals surface area contributed by atoms with E-state index in [2.05, 4.69) is 15.5 Å². The van der Waals surface area contributed by atoms with Crippen LogP contribution in [0.2, 0.25) is 5.02 Å². The molecule has 0 saturated heterocycles. The lowest BCUT2D eigenvalue weighted by atomic mass is 10.3. The largest absolute Gasteiger partial charge is 0.424 e. The van der Waals surface area contributed by atoms with Crippen molar-refractivity contribution in [2.45, 2.75) is 19.9 Å². The van der Waals surface area contributed by atoms with E-state index in [4.69, 9.17) is 16.0 Å². The van der Waals surface area contributed by atoms with Gasteiger partial charge >= 0.3 is 0 Å². The Bertz CT molecular complexity index is 597. The number of nitrogens with one attached hydrogen (secondary N) is 1. The van der Waals surface area contributed by atoms with E-state index in [0.29, 0.717) is 35.5 Å². The van der Waals surface area contributed by atoms with Crippen LogP contribution in [0.1, 0.15) is 18.7 Å². The third kappa shape index (κ3) is 4.84. The molecule has 0 radical (unpaired) electrons. The van der Waals surface area contributed by atoms with E-state index in [-0.39, 0.29) is 12.5 Å². The minimum absolute atomic E-state index is 0.116. The summed E-state index contributed by atoms with van der Waals surface area (Å²) in [5, 5.41) is 11.2. The number of carbonyl (C=O) groups excluding carboxylic acids is 1. The van der Waals surface area contributed by atoms with Crippen molar-refractivity contribution in [3.05, 3.63) is 41.1 Å². The molecule has 0 aliphatic carbocycles. The van der Waals surface area contributed by atoms with Crippen LogP contribution in [0.25, 0.3) is 0 Å². The average Bonchev–Trinajstić information content (AvgIpc) is 2.88. The summed E-state index contributed by atoms with van der Waals surface area (Å²) in [5.41, 5.74) is 0.712. The maximum atomic E-state index is 11.9. The van der Waals surface area contributed by atoms with Gasteiger partial charge in [-0.3, -0.25) is 9.69 Å². The molecule has 2 aromatic rings. The van der Waals surface area contributed by atoms with Crippen LogP contribution in [0.4, 0.5) is 5.69 Å². The number of aromatic nitrogens is 2. The Morgan fingerprint density at radius 2 is 1.95 bits per heavy atom. The highest BCUT2D eigenvalue weighted by molar-refractivity contribution is 6.30. The lowest BCUT2D eigenvalue weighted by molar-refractivity contribution is -0.117. The molecule has 0 atom stereocenters. The first-order valence-corrected chi connectivity index (χ1v) is 7.00. The van der Waals surface area contributed by atoms with Crippen molar-refractivity contribution in [1.29, 1.82) is 0 Å². The van der Waals surface area contributed by atoms with Crippen molar-refractivity contribution in [2.75, 3.05) is 18.9 Å². The summed E-state index contributed by atoms with van der Waals surface area (Å²) in [6.07, 6.45) is 0.702. The number of likely N-dealkylation sites (N-methyl/N-ethyl adjacent to an activating group) is 1. The summed E-state index contributed by atoms with van der Waals surface area (Å²) < 4.78 is 5.41. The van der Waals surface area contributed by atoms with Crippen LogP contribution in [0.5, 0.6) is 0 Å². The molecular weight excluding hydrogens is 292 g/mol. The van der Waals surface area contributed by atoms with Gasteiger partial charge in [-0.1, -0.05) is 18.5 Å². The number of carbonyl (C=O) groups is 1. The van der Waals surface area contributed by atoms with E-state index < -0.39 is 0 Å².